The maximum absolute atomic E-state index is 5.49. The molecule has 2 aromatic heterocycles. The summed E-state index contributed by atoms with van der Waals surface area (Å²) in [7, 11) is 3.80. The molecule has 0 saturated heterocycles. The molecule has 2 aromatic rings. The second-order valence-corrected chi connectivity index (χ2v) is 5.07. The van der Waals surface area contributed by atoms with Gasteiger partial charge in [0, 0.05) is 32.6 Å². The first kappa shape index (κ1) is 12.2. The molecule has 0 radical (unpaired) electrons. The first-order chi connectivity index (χ1) is 9.22. The second-order valence-electron chi connectivity index (χ2n) is 5.07. The summed E-state index contributed by atoms with van der Waals surface area (Å²) in [6.07, 6.45) is 3.87. The minimum absolute atomic E-state index is 0.619. The molecule has 0 amide bonds. The Morgan fingerprint density at radius 2 is 2.32 bits per heavy atom. The number of rotatable bonds is 3. The normalized spacial score (nSPS) is 16.1. The zero-order valence-electron chi connectivity index (χ0n) is 11.3. The average molecular weight is 262 g/mol. The Morgan fingerprint density at radius 3 is 3.11 bits per heavy atom. The lowest BCUT2D eigenvalue weighted by Gasteiger charge is -2.16. The van der Waals surface area contributed by atoms with Crippen LogP contribution < -0.4 is 4.90 Å². The van der Waals surface area contributed by atoms with Crippen molar-refractivity contribution in [2.75, 3.05) is 25.5 Å². The maximum Gasteiger partial charge on any atom is 0.265 e. The number of aromatic nitrogens is 2. The highest BCUT2D eigenvalue weighted by Crippen LogP contribution is 2.21. The number of hydrogen-bond acceptors (Lipinski definition) is 6. The molecule has 1 aliphatic rings. The Kier molecular flexibility index (Phi) is 3.25. The van der Waals surface area contributed by atoms with Gasteiger partial charge in [0.1, 0.15) is 5.76 Å². The molecule has 0 aromatic carbocycles. The molecular formula is C13H18N4O2. The molecule has 0 N–H and O–H groups in total. The number of aryl methyl sites for hydroxylation is 1. The number of anilines is 1. The van der Waals surface area contributed by atoms with Crippen molar-refractivity contribution in [2.45, 2.75) is 25.9 Å². The zero-order valence-corrected chi connectivity index (χ0v) is 11.3. The number of furan rings is 1. The van der Waals surface area contributed by atoms with Crippen LogP contribution in [0.25, 0.3) is 0 Å². The van der Waals surface area contributed by atoms with Crippen molar-refractivity contribution >= 4 is 5.95 Å². The molecule has 0 aliphatic carbocycles. The summed E-state index contributed by atoms with van der Waals surface area (Å²) in [6, 6.07) is 2.05. The van der Waals surface area contributed by atoms with Gasteiger partial charge in [0.15, 0.2) is 0 Å². The summed E-state index contributed by atoms with van der Waals surface area (Å²) in [5, 5.41) is 3.93. The van der Waals surface area contributed by atoms with E-state index in [0.717, 1.165) is 31.7 Å². The minimum Gasteiger partial charge on any atom is -0.469 e. The lowest BCUT2D eigenvalue weighted by molar-refractivity contribution is 0.222. The average Bonchev–Trinajstić information content (AvgIpc) is 2.96. The van der Waals surface area contributed by atoms with Crippen molar-refractivity contribution in [3.8, 4) is 0 Å². The summed E-state index contributed by atoms with van der Waals surface area (Å²) in [4.78, 5) is 8.51. The highest BCUT2D eigenvalue weighted by atomic mass is 16.5. The summed E-state index contributed by atoms with van der Waals surface area (Å²) in [5.41, 5.74) is 1.27. The van der Waals surface area contributed by atoms with Gasteiger partial charge in [0.05, 0.1) is 12.8 Å². The molecule has 19 heavy (non-hydrogen) atoms. The van der Waals surface area contributed by atoms with Gasteiger partial charge >= 0.3 is 0 Å². The predicted octanol–water partition coefficient (Wildman–Crippen LogP) is 1.68. The first-order valence-electron chi connectivity index (χ1n) is 6.50. The second kappa shape index (κ2) is 5.05. The highest BCUT2D eigenvalue weighted by Gasteiger charge is 2.19. The Labute approximate surface area is 112 Å². The molecule has 0 saturated carbocycles. The third kappa shape index (κ3) is 2.63. The molecule has 0 atom stereocenters. The molecule has 3 rings (SSSR count). The first-order valence-corrected chi connectivity index (χ1v) is 6.50. The van der Waals surface area contributed by atoms with Crippen LogP contribution in [0.2, 0.25) is 0 Å². The van der Waals surface area contributed by atoms with E-state index in [0.29, 0.717) is 18.4 Å². The van der Waals surface area contributed by atoms with Crippen LogP contribution in [-0.2, 0) is 19.5 Å². The smallest absolute Gasteiger partial charge is 0.265 e. The van der Waals surface area contributed by atoms with Crippen molar-refractivity contribution in [3.05, 3.63) is 29.5 Å². The molecule has 102 valence electrons. The Hall–Kier alpha value is -1.82. The molecule has 0 bridgehead atoms. The van der Waals surface area contributed by atoms with E-state index in [1.807, 2.05) is 25.1 Å². The van der Waals surface area contributed by atoms with Gasteiger partial charge in [-0.15, -0.1) is 0 Å². The van der Waals surface area contributed by atoms with E-state index in [1.165, 1.54) is 5.56 Å². The van der Waals surface area contributed by atoms with E-state index in [1.54, 1.807) is 6.26 Å². The number of nitrogens with zero attached hydrogens (tertiary/aromatic N) is 4. The van der Waals surface area contributed by atoms with E-state index in [-0.39, 0.29) is 0 Å². The molecule has 3 heterocycles. The van der Waals surface area contributed by atoms with Crippen LogP contribution in [0.15, 0.2) is 21.3 Å². The van der Waals surface area contributed by atoms with Crippen LogP contribution in [0.3, 0.4) is 0 Å². The van der Waals surface area contributed by atoms with Crippen molar-refractivity contribution in [1.82, 2.24) is 15.0 Å². The Balaban J connectivity index is 1.69. The van der Waals surface area contributed by atoms with Crippen molar-refractivity contribution in [3.63, 3.8) is 0 Å². The van der Waals surface area contributed by atoms with Gasteiger partial charge in [-0.25, -0.2) is 0 Å². The topological polar surface area (TPSA) is 58.5 Å². The highest BCUT2D eigenvalue weighted by molar-refractivity contribution is 5.23. The van der Waals surface area contributed by atoms with E-state index < -0.39 is 0 Å². The lowest BCUT2D eigenvalue weighted by atomic mass is 10.2. The Morgan fingerprint density at radius 1 is 1.42 bits per heavy atom. The largest absolute Gasteiger partial charge is 0.469 e. The molecule has 6 nitrogen and oxygen atoms in total. The Bertz CT molecular complexity index is 546. The van der Waals surface area contributed by atoms with Crippen LogP contribution >= 0.6 is 0 Å². The van der Waals surface area contributed by atoms with Crippen LogP contribution in [0.5, 0.6) is 0 Å². The quantitative estimate of drug-likeness (QED) is 0.838. The van der Waals surface area contributed by atoms with Crippen LogP contribution in [0.1, 0.15) is 23.6 Å². The summed E-state index contributed by atoms with van der Waals surface area (Å²) in [5.74, 6) is 2.39. The van der Waals surface area contributed by atoms with Gasteiger partial charge in [-0.2, -0.15) is 4.98 Å². The van der Waals surface area contributed by atoms with E-state index in [2.05, 4.69) is 15.0 Å². The summed E-state index contributed by atoms with van der Waals surface area (Å²) in [6.45, 7) is 2.58. The number of hydrogen-bond donors (Lipinski definition) is 0. The fraction of sp³-hybridized carbons (Fsp3) is 0.538. The predicted molar refractivity (Wildman–Crippen MR) is 69.8 cm³/mol. The molecular weight excluding hydrogens is 244 g/mol. The summed E-state index contributed by atoms with van der Waals surface area (Å²) >= 11 is 0. The molecule has 0 spiro atoms. The van der Waals surface area contributed by atoms with E-state index >= 15 is 0 Å². The molecule has 1 aliphatic heterocycles. The lowest BCUT2D eigenvalue weighted by Crippen LogP contribution is -2.22. The third-order valence-corrected chi connectivity index (χ3v) is 3.33. The molecule has 0 unspecified atom stereocenters. The van der Waals surface area contributed by atoms with Gasteiger partial charge < -0.3 is 13.8 Å². The fourth-order valence-corrected chi connectivity index (χ4v) is 2.33. The standard InChI is InChI=1S/C13H18N4O2/c1-16(2)13-14-12(19-15-13)9-17-6-3-4-11-10(8-17)5-7-18-11/h5,7H,3-4,6,8-9H2,1-2H3. The van der Waals surface area contributed by atoms with Crippen LogP contribution in [0, 0.1) is 0 Å². The van der Waals surface area contributed by atoms with E-state index in [9.17, 15) is 0 Å². The molecule has 6 heteroatoms. The maximum atomic E-state index is 5.49. The number of fused-ring (bicyclic) bond motifs is 1. The fourth-order valence-electron chi connectivity index (χ4n) is 2.33. The SMILES string of the molecule is CN(C)c1noc(CN2CCCc3occc3C2)n1. The van der Waals surface area contributed by atoms with Gasteiger partial charge in [-0.05, 0) is 24.2 Å². The van der Waals surface area contributed by atoms with Gasteiger partial charge in [-0.3, -0.25) is 4.90 Å². The minimum atomic E-state index is 0.619. The van der Waals surface area contributed by atoms with E-state index in [4.69, 9.17) is 8.94 Å². The van der Waals surface area contributed by atoms with Crippen molar-refractivity contribution in [1.29, 1.82) is 0 Å². The van der Waals surface area contributed by atoms with Crippen LogP contribution in [-0.4, -0.2) is 35.7 Å². The van der Waals surface area contributed by atoms with Crippen molar-refractivity contribution < 1.29 is 8.94 Å². The van der Waals surface area contributed by atoms with Crippen LogP contribution in [0.4, 0.5) is 5.95 Å². The monoisotopic (exact) mass is 262 g/mol. The van der Waals surface area contributed by atoms with Gasteiger partial charge in [0.2, 0.25) is 5.89 Å². The molecule has 0 fully saturated rings. The zero-order chi connectivity index (χ0) is 13.2. The van der Waals surface area contributed by atoms with Gasteiger partial charge in [0.25, 0.3) is 5.95 Å². The summed E-state index contributed by atoms with van der Waals surface area (Å²) < 4.78 is 10.8. The van der Waals surface area contributed by atoms with Gasteiger partial charge in [-0.1, -0.05) is 0 Å². The third-order valence-electron chi connectivity index (χ3n) is 3.33. The van der Waals surface area contributed by atoms with Crippen molar-refractivity contribution in [2.24, 2.45) is 0 Å².